The lowest BCUT2D eigenvalue weighted by Gasteiger charge is -2.36. The van der Waals surface area contributed by atoms with Gasteiger partial charge < -0.3 is 19.7 Å². The fraction of sp³-hybridized carbons (Fsp3) is 0.292. The van der Waals surface area contributed by atoms with Crippen LogP contribution in [0.15, 0.2) is 43.1 Å². The number of nitrogens with zero attached hydrogens (tertiary/aromatic N) is 3. The number of rotatable bonds is 6. The van der Waals surface area contributed by atoms with Crippen molar-refractivity contribution < 1.29 is 14.3 Å². The summed E-state index contributed by atoms with van der Waals surface area (Å²) in [6.07, 6.45) is 4.14. The molecule has 2 aliphatic heterocycles. The fourth-order valence-electron chi connectivity index (χ4n) is 4.75. The molecule has 3 atom stereocenters. The van der Waals surface area contributed by atoms with E-state index in [1.54, 1.807) is 26.5 Å². The Morgan fingerprint density at radius 2 is 1.94 bits per heavy atom. The highest BCUT2D eigenvalue weighted by atomic mass is 35.5. The Morgan fingerprint density at radius 3 is 2.61 bits per heavy atom. The van der Waals surface area contributed by atoms with Crippen LogP contribution in [0, 0.1) is 5.92 Å². The molecular formula is C24H22Cl2N4O3. The highest BCUT2D eigenvalue weighted by molar-refractivity contribution is 6.41. The van der Waals surface area contributed by atoms with Gasteiger partial charge in [-0.1, -0.05) is 35.8 Å². The zero-order chi connectivity index (χ0) is 23.3. The van der Waals surface area contributed by atoms with Crippen LogP contribution in [0.1, 0.15) is 6.42 Å². The van der Waals surface area contributed by atoms with E-state index < -0.39 is 0 Å². The first-order valence-electron chi connectivity index (χ1n) is 10.5. The highest BCUT2D eigenvalue weighted by Gasteiger charge is 2.53. The third-order valence-electron chi connectivity index (χ3n) is 6.49. The first-order chi connectivity index (χ1) is 15.9. The second kappa shape index (κ2) is 8.39. The molecule has 1 saturated carbocycles. The lowest BCUT2D eigenvalue weighted by molar-refractivity contribution is -0.126. The van der Waals surface area contributed by atoms with E-state index in [1.807, 2.05) is 23.1 Å². The SMILES string of the molecule is C=CC(=O)N1CC2CC1C2Nc1ncc2cc(-c3c(Cl)c(OC)cc(OC)c3Cl)ccc2n1. The number of carbonyl (C=O) groups excluding carboxylic acids is 1. The molecule has 3 unspecified atom stereocenters. The summed E-state index contributed by atoms with van der Waals surface area (Å²) in [6.45, 7) is 4.34. The van der Waals surface area contributed by atoms with Crippen molar-refractivity contribution >= 4 is 46.0 Å². The molecule has 3 fully saturated rings. The molecule has 3 heterocycles. The minimum absolute atomic E-state index is 0.0229. The standard InChI is InChI=1S/C24H22Cl2N4O3/c1-4-19(31)30-11-14-8-16(30)23(14)29-24-27-10-13-7-12(5-6-15(13)28-24)20-21(25)17(32-2)9-18(33-3)22(20)26/h4-7,9-10,14,16,23H,1,8,11H2,2-3H3,(H,27,28,29). The number of halogens is 2. The number of hydrogen-bond acceptors (Lipinski definition) is 6. The highest BCUT2D eigenvalue weighted by Crippen LogP contribution is 2.46. The number of methoxy groups -OCH3 is 2. The topological polar surface area (TPSA) is 76.6 Å². The molecule has 1 aromatic heterocycles. The molecule has 33 heavy (non-hydrogen) atoms. The van der Waals surface area contributed by atoms with Gasteiger partial charge in [-0.3, -0.25) is 4.79 Å². The molecule has 9 heteroatoms. The number of carbonyl (C=O) groups is 1. The van der Waals surface area contributed by atoms with E-state index in [2.05, 4.69) is 21.9 Å². The molecular weight excluding hydrogens is 463 g/mol. The molecule has 0 spiro atoms. The van der Waals surface area contributed by atoms with Gasteiger partial charge in [0.25, 0.3) is 0 Å². The smallest absolute Gasteiger partial charge is 0.246 e. The fourth-order valence-corrected chi connectivity index (χ4v) is 5.47. The molecule has 170 valence electrons. The molecule has 0 radical (unpaired) electrons. The largest absolute Gasteiger partial charge is 0.495 e. The Kier molecular flexibility index (Phi) is 5.54. The monoisotopic (exact) mass is 484 g/mol. The Bertz CT molecular complexity index is 1250. The van der Waals surface area contributed by atoms with Gasteiger partial charge in [0.1, 0.15) is 11.5 Å². The number of benzene rings is 2. The Hall–Kier alpha value is -3.03. The molecule has 2 saturated heterocycles. The summed E-state index contributed by atoms with van der Waals surface area (Å²) >= 11 is 13.1. The molecule has 1 amide bonds. The average Bonchev–Trinajstić information content (AvgIpc) is 3.42. The van der Waals surface area contributed by atoms with Crippen molar-refractivity contribution in [2.24, 2.45) is 5.92 Å². The molecule has 1 aliphatic carbocycles. The molecule has 2 bridgehead atoms. The summed E-state index contributed by atoms with van der Waals surface area (Å²) < 4.78 is 10.8. The van der Waals surface area contributed by atoms with Crippen LogP contribution in [0.25, 0.3) is 22.0 Å². The number of ether oxygens (including phenoxy) is 2. The van der Waals surface area contributed by atoms with Gasteiger partial charge in [0.15, 0.2) is 0 Å². The van der Waals surface area contributed by atoms with Gasteiger partial charge in [0.05, 0.1) is 41.9 Å². The third kappa shape index (κ3) is 3.56. The number of hydrogen-bond donors (Lipinski definition) is 1. The van der Waals surface area contributed by atoms with Crippen molar-refractivity contribution in [3.05, 3.63) is 53.2 Å². The molecule has 2 aromatic carbocycles. The first kappa shape index (κ1) is 21.8. The maximum atomic E-state index is 12.0. The molecule has 7 nitrogen and oxygen atoms in total. The van der Waals surface area contributed by atoms with Gasteiger partial charge >= 0.3 is 0 Å². The van der Waals surface area contributed by atoms with Crippen LogP contribution in [0.2, 0.25) is 10.0 Å². The second-order valence-electron chi connectivity index (χ2n) is 8.18. The van der Waals surface area contributed by atoms with E-state index in [0.717, 1.165) is 29.4 Å². The summed E-state index contributed by atoms with van der Waals surface area (Å²) in [4.78, 5) is 23.1. The molecule has 3 aliphatic rings. The van der Waals surface area contributed by atoms with E-state index in [0.29, 0.717) is 39.0 Å². The Morgan fingerprint density at radius 1 is 1.21 bits per heavy atom. The van der Waals surface area contributed by atoms with Crippen molar-refractivity contribution in [3.63, 3.8) is 0 Å². The summed E-state index contributed by atoms with van der Waals surface area (Å²) in [6, 6.07) is 7.72. The van der Waals surface area contributed by atoms with E-state index in [9.17, 15) is 4.79 Å². The predicted molar refractivity (Wildman–Crippen MR) is 129 cm³/mol. The van der Waals surface area contributed by atoms with Crippen molar-refractivity contribution in [1.82, 2.24) is 14.9 Å². The summed E-state index contributed by atoms with van der Waals surface area (Å²) in [7, 11) is 3.09. The van der Waals surface area contributed by atoms with Gasteiger partial charge in [-0.05, 0) is 30.2 Å². The number of aromatic nitrogens is 2. The van der Waals surface area contributed by atoms with E-state index >= 15 is 0 Å². The number of anilines is 1. The lowest BCUT2D eigenvalue weighted by Crippen LogP contribution is -2.49. The predicted octanol–water partition coefficient (Wildman–Crippen LogP) is 4.82. The maximum absolute atomic E-state index is 12.0. The van der Waals surface area contributed by atoms with Gasteiger partial charge in [0, 0.05) is 35.7 Å². The van der Waals surface area contributed by atoms with Gasteiger partial charge in [-0.25, -0.2) is 9.97 Å². The molecule has 6 rings (SSSR count). The summed E-state index contributed by atoms with van der Waals surface area (Å²) in [5, 5.41) is 5.06. The van der Waals surface area contributed by atoms with Crippen LogP contribution in [0.3, 0.4) is 0 Å². The first-order valence-corrected chi connectivity index (χ1v) is 11.3. The minimum Gasteiger partial charge on any atom is -0.495 e. The van der Waals surface area contributed by atoms with Crippen LogP contribution in [-0.2, 0) is 4.79 Å². The van der Waals surface area contributed by atoms with Crippen LogP contribution in [-0.4, -0.2) is 53.6 Å². The quantitative estimate of drug-likeness (QED) is 0.505. The third-order valence-corrected chi connectivity index (χ3v) is 7.24. The van der Waals surface area contributed by atoms with Crippen LogP contribution >= 0.6 is 23.2 Å². The number of amides is 1. The van der Waals surface area contributed by atoms with Crippen LogP contribution < -0.4 is 14.8 Å². The number of fused-ring (bicyclic) bond motifs is 2. The summed E-state index contributed by atoms with van der Waals surface area (Å²) in [5.41, 5.74) is 2.20. The second-order valence-corrected chi connectivity index (χ2v) is 8.94. The van der Waals surface area contributed by atoms with E-state index in [1.165, 1.54) is 6.08 Å². The minimum atomic E-state index is -0.0229. The molecule has 1 N–H and O–H groups in total. The van der Waals surface area contributed by atoms with Crippen LogP contribution in [0.4, 0.5) is 5.95 Å². The van der Waals surface area contributed by atoms with Gasteiger partial charge in [0.2, 0.25) is 11.9 Å². The van der Waals surface area contributed by atoms with Crippen molar-refractivity contribution in [3.8, 4) is 22.6 Å². The van der Waals surface area contributed by atoms with Crippen LogP contribution in [0.5, 0.6) is 11.5 Å². The normalized spacial score (nSPS) is 21.0. The lowest BCUT2D eigenvalue weighted by atomic mass is 9.80. The molecule has 3 aromatic rings. The zero-order valence-electron chi connectivity index (χ0n) is 18.1. The van der Waals surface area contributed by atoms with Crippen molar-refractivity contribution in [2.75, 3.05) is 26.1 Å². The van der Waals surface area contributed by atoms with Gasteiger partial charge in [-0.15, -0.1) is 0 Å². The van der Waals surface area contributed by atoms with Gasteiger partial charge in [-0.2, -0.15) is 0 Å². The Balaban J connectivity index is 1.43. The average molecular weight is 485 g/mol. The number of nitrogens with one attached hydrogen (secondary N) is 1. The van der Waals surface area contributed by atoms with E-state index in [-0.39, 0.29) is 18.0 Å². The zero-order valence-corrected chi connectivity index (χ0v) is 19.7. The van der Waals surface area contributed by atoms with Crippen molar-refractivity contribution in [1.29, 1.82) is 0 Å². The maximum Gasteiger partial charge on any atom is 0.246 e. The summed E-state index contributed by atoms with van der Waals surface area (Å²) in [5.74, 6) is 1.88. The van der Waals surface area contributed by atoms with Crippen molar-refractivity contribution in [2.45, 2.75) is 18.5 Å². The Labute approximate surface area is 201 Å². The van der Waals surface area contributed by atoms with E-state index in [4.69, 9.17) is 32.7 Å².